The SMILES string of the molecule is COCCOc1cc(-c2ccc(N3CC4CC(C3)N4Cc3cnc(OC)c(C)c3)nc2)c2c(C#N)c(N)nn2c1. The predicted octanol–water partition coefficient (Wildman–Crippen LogP) is 3.05. The number of methoxy groups -OCH3 is 2. The lowest BCUT2D eigenvalue weighted by molar-refractivity contribution is -0.00878. The van der Waals surface area contributed by atoms with E-state index in [0.717, 1.165) is 42.1 Å². The number of nitrogen functional groups attached to an aromatic ring is 1. The maximum absolute atomic E-state index is 9.75. The molecular weight excluding hydrogens is 508 g/mol. The molecule has 0 radical (unpaired) electrons. The molecule has 7 heterocycles. The molecule has 4 aromatic heterocycles. The van der Waals surface area contributed by atoms with Gasteiger partial charge in [0.25, 0.3) is 0 Å². The van der Waals surface area contributed by atoms with Gasteiger partial charge in [-0.3, -0.25) is 4.90 Å². The van der Waals surface area contributed by atoms with E-state index in [2.05, 4.69) is 32.0 Å². The first-order valence-corrected chi connectivity index (χ1v) is 13.3. The van der Waals surface area contributed by atoms with E-state index in [1.54, 1.807) is 24.9 Å². The number of ether oxygens (including phenoxy) is 3. The number of fused-ring (bicyclic) bond motifs is 3. The third-order valence-electron chi connectivity index (χ3n) is 7.77. The second kappa shape index (κ2) is 10.6. The highest BCUT2D eigenvalue weighted by Crippen LogP contribution is 2.37. The number of piperidine rings is 1. The zero-order chi connectivity index (χ0) is 27.8. The van der Waals surface area contributed by atoms with E-state index < -0.39 is 0 Å². The number of nitrogens with zero attached hydrogens (tertiary/aromatic N) is 7. The average molecular weight is 541 g/mol. The van der Waals surface area contributed by atoms with Crippen LogP contribution in [0.2, 0.25) is 0 Å². The van der Waals surface area contributed by atoms with E-state index in [-0.39, 0.29) is 5.82 Å². The number of aryl methyl sites for hydroxylation is 1. The fourth-order valence-electron chi connectivity index (χ4n) is 5.82. The highest BCUT2D eigenvalue weighted by Gasteiger charge is 2.44. The highest BCUT2D eigenvalue weighted by atomic mass is 16.5. The minimum Gasteiger partial charge on any atom is -0.490 e. The molecule has 0 aliphatic carbocycles. The Bertz CT molecular complexity index is 1570. The van der Waals surface area contributed by atoms with Crippen molar-refractivity contribution in [2.75, 3.05) is 51.2 Å². The Morgan fingerprint density at radius 3 is 2.60 bits per heavy atom. The van der Waals surface area contributed by atoms with Crippen LogP contribution in [0.3, 0.4) is 0 Å². The number of nitrogens with two attached hydrogens (primary N) is 1. The van der Waals surface area contributed by atoms with Crippen LogP contribution in [0.1, 0.15) is 23.1 Å². The molecule has 0 saturated carbocycles. The topological polar surface area (TPSA) is 127 Å². The van der Waals surface area contributed by atoms with Gasteiger partial charge in [-0.05, 0) is 43.2 Å². The number of rotatable bonds is 9. The Morgan fingerprint density at radius 1 is 1.10 bits per heavy atom. The van der Waals surface area contributed by atoms with Crippen LogP contribution in [0.25, 0.3) is 16.6 Å². The van der Waals surface area contributed by atoms with Gasteiger partial charge in [0.2, 0.25) is 5.88 Å². The monoisotopic (exact) mass is 540 g/mol. The van der Waals surface area contributed by atoms with E-state index in [0.29, 0.717) is 48.0 Å². The Morgan fingerprint density at radius 2 is 1.93 bits per heavy atom. The molecule has 3 aliphatic rings. The molecule has 11 heteroatoms. The van der Waals surface area contributed by atoms with Crippen molar-refractivity contribution >= 4 is 17.2 Å². The maximum atomic E-state index is 9.75. The fraction of sp³-hybridized carbons (Fsp3) is 0.379. The van der Waals surface area contributed by atoms with Crippen LogP contribution >= 0.6 is 0 Å². The zero-order valence-corrected chi connectivity index (χ0v) is 22.9. The molecule has 7 rings (SSSR count). The van der Waals surface area contributed by atoms with Crippen molar-refractivity contribution in [2.24, 2.45) is 0 Å². The van der Waals surface area contributed by atoms with Crippen molar-refractivity contribution in [3.05, 3.63) is 59.5 Å². The third kappa shape index (κ3) is 4.65. The molecule has 3 aliphatic heterocycles. The van der Waals surface area contributed by atoms with Crippen molar-refractivity contribution in [1.29, 1.82) is 5.26 Å². The number of pyridine rings is 3. The summed E-state index contributed by atoms with van der Waals surface area (Å²) in [5, 5.41) is 14.1. The van der Waals surface area contributed by atoms with Crippen molar-refractivity contribution in [3.8, 4) is 28.8 Å². The molecular formula is C29H32N8O3. The summed E-state index contributed by atoms with van der Waals surface area (Å²) in [7, 11) is 3.28. The molecule has 2 bridgehead atoms. The largest absolute Gasteiger partial charge is 0.490 e. The molecule has 2 N–H and O–H groups in total. The molecule has 4 aromatic rings. The number of piperazine rings is 1. The summed E-state index contributed by atoms with van der Waals surface area (Å²) in [4.78, 5) is 14.2. The van der Waals surface area contributed by atoms with Gasteiger partial charge in [-0.2, -0.15) is 5.26 Å². The van der Waals surface area contributed by atoms with E-state index in [1.807, 2.05) is 37.5 Å². The second-order valence-corrected chi connectivity index (χ2v) is 10.3. The summed E-state index contributed by atoms with van der Waals surface area (Å²) in [5.74, 6) is 2.41. The molecule has 206 valence electrons. The fourth-order valence-corrected chi connectivity index (χ4v) is 5.82. The molecule has 2 unspecified atom stereocenters. The standard InChI is InChI=1S/C29H32N8O3/c1-18-8-19(12-33-29(18)39-3)14-36-21-9-22(36)16-35(15-21)26-5-4-20(13-32-26)24-10-23(40-7-6-38-2)17-37-27(24)25(11-30)28(31)34-37/h4-5,8,10,12-13,17,21-22H,6-7,9,14-16H2,1-3H3,(H2,31,34). The number of hydrogen-bond acceptors (Lipinski definition) is 10. The summed E-state index contributed by atoms with van der Waals surface area (Å²) in [6, 6.07) is 11.3. The van der Waals surface area contributed by atoms with Gasteiger partial charge in [0.15, 0.2) is 5.82 Å². The summed E-state index contributed by atoms with van der Waals surface area (Å²) in [6.45, 7) is 5.62. The van der Waals surface area contributed by atoms with Gasteiger partial charge in [0.05, 0.1) is 25.4 Å². The van der Waals surface area contributed by atoms with Crippen LogP contribution in [-0.2, 0) is 11.3 Å². The average Bonchev–Trinajstić information content (AvgIpc) is 3.30. The Labute approximate surface area is 232 Å². The number of aromatic nitrogens is 4. The molecule has 3 fully saturated rings. The van der Waals surface area contributed by atoms with Gasteiger partial charge in [0.1, 0.15) is 29.8 Å². The molecule has 0 amide bonds. The number of nitriles is 1. The van der Waals surface area contributed by atoms with Gasteiger partial charge in [-0.15, -0.1) is 5.10 Å². The first kappa shape index (κ1) is 25.9. The lowest BCUT2D eigenvalue weighted by Crippen LogP contribution is -2.68. The lowest BCUT2D eigenvalue weighted by Gasteiger charge is -2.56. The summed E-state index contributed by atoms with van der Waals surface area (Å²) in [6.07, 6.45) is 6.68. The summed E-state index contributed by atoms with van der Waals surface area (Å²) < 4.78 is 17.9. The lowest BCUT2D eigenvalue weighted by atomic mass is 9.87. The van der Waals surface area contributed by atoms with Crippen LogP contribution < -0.4 is 20.1 Å². The van der Waals surface area contributed by atoms with Gasteiger partial charge >= 0.3 is 0 Å². The predicted molar refractivity (Wildman–Crippen MR) is 150 cm³/mol. The van der Waals surface area contributed by atoms with Crippen LogP contribution in [0.4, 0.5) is 11.6 Å². The van der Waals surface area contributed by atoms with Crippen molar-refractivity contribution in [2.45, 2.75) is 32.0 Å². The quantitative estimate of drug-likeness (QED) is 0.317. The van der Waals surface area contributed by atoms with Crippen LogP contribution in [0, 0.1) is 18.3 Å². The Kier molecular flexibility index (Phi) is 6.88. The third-order valence-corrected chi connectivity index (χ3v) is 7.77. The number of anilines is 2. The van der Waals surface area contributed by atoms with Gasteiger partial charge < -0.3 is 24.8 Å². The van der Waals surface area contributed by atoms with E-state index in [9.17, 15) is 5.26 Å². The second-order valence-electron chi connectivity index (χ2n) is 10.3. The molecule has 3 saturated heterocycles. The highest BCUT2D eigenvalue weighted by molar-refractivity contribution is 5.88. The van der Waals surface area contributed by atoms with Gasteiger partial charge in [-0.1, -0.05) is 0 Å². The minimum atomic E-state index is 0.181. The van der Waals surface area contributed by atoms with Gasteiger partial charge in [0, 0.05) is 67.9 Å². The van der Waals surface area contributed by atoms with E-state index >= 15 is 0 Å². The Balaban J connectivity index is 1.20. The molecule has 0 spiro atoms. The van der Waals surface area contributed by atoms with Crippen molar-refractivity contribution < 1.29 is 14.2 Å². The first-order valence-electron chi connectivity index (χ1n) is 13.3. The smallest absolute Gasteiger partial charge is 0.215 e. The van der Waals surface area contributed by atoms with E-state index in [4.69, 9.17) is 24.9 Å². The van der Waals surface area contributed by atoms with Crippen molar-refractivity contribution in [1.82, 2.24) is 24.5 Å². The van der Waals surface area contributed by atoms with Crippen LogP contribution in [-0.4, -0.2) is 77.1 Å². The maximum Gasteiger partial charge on any atom is 0.215 e. The zero-order valence-electron chi connectivity index (χ0n) is 22.9. The molecule has 11 nitrogen and oxygen atoms in total. The number of hydrogen-bond donors (Lipinski definition) is 1. The summed E-state index contributed by atoms with van der Waals surface area (Å²) >= 11 is 0. The van der Waals surface area contributed by atoms with Crippen molar-refractivity contribution in [3.63, 3.8) is 0 Å². The van der Waals surface area contributed by atoms with Crippen LogP contribution in [0.5, 0.6) is 11.6 Å². The van der Waals surface area contributed by atoms with E-state index in [1.165, 1.54) is 12.0 Å². The normalized spacial score (nSPS) is 18.4. The Hall–Kier alpha value is -4.40. The van der Waals surface area contributed by atoms with Crippen LogP contribution in [0.15, 0.2) is 42.9 Å². The molecule has 2 atom stereocenters. The van der Waals surface area contributed by atoms with Gasteiger partial charge in [-0.25, -0.2) is 14.5 Å². The molecule has 40 heavy (non-hydrogen) atoms. The first-order chi connectivity index (χ1) is 19.5. The minimum absolute atomic E-state index is 0.181. The summed E-state index contributed by atoms with van der Waals surface area (Å²) in [5.41, 5.74) is 10.9. The molecule has 0 aromatic carbocycles.